The highest BCUT2D eigenvalue weighted by Crippen LogP contribution is 2.08. The number of methoxy groups -OCH3 is 1. The van der Waals surface area contributed by atoms with Crippen LogP contribution in [-0.2, 0) is 14.3 Å². The van der Waals surface area contributed by atoms with Crippen LogP contribution in [0.1, 0.15) is 33.6 Å². The molecule has 0 aliphatic rings. The van der Waals surface area contributed by atoms with E-state index in [1.165, 1.54) is 7.11 Å². The molecule has 0 rings (SSSR count). The van der Waals surface area contributed by atoms with Crippen LogP contribution in [0.3, 0.4) is 0 Å². The second-order valence-electron chi connectivity index (χ2n) is 4.10. The molecule has 0 aliphatic heterocycles. The Morgan fingerprint density at radius 1 is 1.25 bits per heavy atom. The number of hydrogen-bond donors (Lipinski definition) is 1. The minimum absolute atomic E-state index is 0.0781. The average Bonchev–Trinajstić information content (AvgIpc) is 2.15. The van der Waals surface area contributed by atoms with Gasteiger partial charge in [0.1, 0.15) is 0 Å². The molecule has 0 spiro atoms. The molecule has 0 unspecified atom stereocenters. The lowest BCUT2D eigenvalue weighted by Gasteiger charge is -2.15. The Kier molecular flexibility index (Phi) is 7.33. The van der Waals surface area contributed by atoms with Crippen LogP contribution in [0.4, 0.5) is 4.79 Å². The van der Waals surface area contributed by atoms with Gasteiger partial charge < -0.3 is 14.8 Å². The molecule has 0 aliphatic carbocycles. The number of carbonyl (C=O) groups is 2. The van der Waals surface area contributed by atoms with Gasteiger partial charge in [-0.15, -0.1) is 0 Å². The molecular weight excluding hydrogens is 210 g/mol. The van der Waals surface area contributed by atoms with Crippen molar-refractivity contribution in [1.29, 1.82) is 0 Å². The molecule has 0 aromatic carbocycles. The predicted octanol–water partition coefficient (Wildman–Crippen LogP) is 1.71. The molecule has 0 heterocycles. The molecule has 5 heteroatoms. The lowest BCUT2D eigenvalue weighted by atomic mass is 10.1. The first-order valence-electron chi connectivity index (χ1n) is 5.47. The summed E-state index contributed by atoms with van der Waals surface area (Å²) in [7, 11) is 1.28. The number of hydrogen-bond acceptors (Lipinski definition) is 4. The van der Waals surface area contributed by atoms with Crippen LogP contribution in [0.15, 0.2) is 0 Å². The van der Waals surface area contributed by atoms with Gasteiger partial charge in [0.25, 0.3) is 0 Å². The van der Waals surface area contributed by atoms with Gasteiger partial charge in [-0.25, -0.2) is 4.79 Å². The fourth-order valence-electron chi connectivity index (χ4n) is 1.33. The number of carbonyl (C=O) groups excluding carboxylic acids is 2. The number of amides is 1. The van der Waals surface area contributed by atoms with Gasteiger partial charge in [0.2, 0.25) is 0 Å². The molecule has 94 valence electrons. The van der Waals surface area contributed by atoms with Crippen LogP contribution >= 0.6 is 0 Å². The minimum atomic E-state index is -0.539. The number of nitrogens with one attached hydrogen (secondary N) is 1. The fourth-order valence-corrected chi connectivity index (χ4v) is 1.33. The number of ether oxygens (including phenoxy) is 2. The fraction of sp³-hybridized carbons (Fsp3) is 0.818. The van der Waals surface area contributed by atoms with Crippen molar-refractivity contribution in [3.05, 3.63) is 0 Å². The zero-order valence-electron chi connectivity index (χ0n) is 10.4. The van der Waals surface area contributed by atoms with Gasteiger partial charge in [0.05, 0.1) is 19.6 Å². The molecule has 1 N–H and O–H groups in total. The van der Waals surface area contributed by atoms with Crippen LogP contribution in [0.5, 0.6) is 0 Å². The molecule has 0 aromatic rings. The summed E-state index contributed by atoms with van der Waals surface area (Å²) < 4.78 is 9.51. The Hall–Kier alpha value is -1.26. The van der Waals surface area contributed by atoms with E-state index < -0.39 is 6.09 Å². The first-order valence-corrected chi connectivity index (χ1v) is 5.47. The Balaban J connectivity index is 3.62. The first-order chi connectivity index (χ1) is 7.45. The highest BCUT2D eigenvalue weighted by Gasteiger charge is 2.11. The van der Waals surface area contributed by atoms with E-state index in [-0.39, 0.29) is 25.0 Å². The Morgan fingerprint density at radius 2 is 1.88 bits per heavy atom. The van der Waals surface area contributed by atoms with Gasteiger partial charge in [-0.3, -0.25) is 4.79 Å². The van der Waals surface area contributed by atoms with Crippen LogP contribution < -0.4 is 5.32 Å². The molecular formula is C11H21NO4. The summed E-state index contributed by atoms with van der Waals surface area (Å²) in [5.74, 6) is 0.195. The molecule has 1 atom stereocenters. The molecule has 0 bridgehead atoms. The molecule has 0 saturated carbocycles. The zero-order chi connectivity index (χ0) is 12.6. The quantitative estimate of drug-likeness (QED) is 0.707. The van der Waals surface area contributed by atoms with Crippen molar-refractivity contribution < 1.29 is 19.1 Å². The summed E-state index contributed by atoms with van der Waals surface area (Å²) in [6, 6.07) is 0. The second-order valence-corrected chi connectivity index (χ2v) is 4.10. The molecule has 5 nitrogen and oxygen atoms in total. The SMILES string of the molecule is COC(=O)NCCC(=O)O[C@@H](C)CC(C)C. The van der Waals surface area contributed by atoms with E-state index in [9.17, 15) is 9.59 Å². The van der Waals surface area contributed by atoms with Crippen molar-refractivity contribution >= 4 is 12.1 Å². The van der Waals surface area contributed by atoms with Crippen LogP contribution in [0.25, 0.3) is 0 Å². The van der Waals surface area contributed by atoms with E-state index in [0.717, 1.165) is 6.42 Å². The predicted molar refractivity (Wildman–Crippen MR) is 60.0 cm³/mol. The van der Waals surface area contributed by atoms with Gasteiger partial charge in [-0.05, 0) is 19.3 Å². The summed E-state index contributed by atoms with van der Waals surface area (Å²) in [6.07, 6.45) is 0.391. The normalized spacial score (nSPS) is 12.1. The summed E-state index contributed by atoms with van der Waals surface area (Å²) in [5.41, 5.74) is 0. The van der Waals surface area contributed by atoms with Gasteiger partial charge in [-0.2, -0.15) is 0 Å². The second kappa shape index (κ2) is 7.96. The Labute approximate surface area is 96.5 Å². The third-order valence-electron chi connectivity index (χ3n) is 1.92. The summed E-state index contributed by atoms with van der Waals surface area (Å²) >= 11 is 0. The lowest BCUT2D eigenvalue weighted by molar-refractivity contribution is -0.148. The molecule has 16 heavy (non-hydrogen) atoms. The topological polar surface area (TPSA) is 64.6 Å². The van der Waals surface area contributed by atoms with Crippen molar-refractivity contribution in [2.45, 2.75) is 39.7 Å². The van der Waals surface area contributed by atoms with Gasteiger partial charge in [-0.1, -0.05) is 13.8 Å². The lowest BCUT2D eigenvalue weighted by Crippen LogP contribution is -2.27. The summed E-state index contributed by atoms with van der Waals surface area (Å²) in [5, 5.41) is 2.42. The van der Waals surface area contributed by atoms with E-state index in [0.29, 0.717) is 5.92 Å². The largest absolute Gasteiger partial charge is 0.463 e. The third-order valence-corrected chi connectivity index (χ3v) is 1.92. The maximum Gasteiger partial charge on any atom is 0.406 e. The Morgan fingerprint density at radius 3 is 2.38 bits per heavy atom. The molecule has 0 radical (unpaired) electrons. The monoisotopic (exact) mass is 231 g/mol. The van der Waals surface area contributed by atoms with Crippen LogP contribution in [-0.4, -0.2) is 31.8 Å². The van der Waals surface area contributed by atoms with Crippen molar-refractivity contribution in [3.63, 3.8) is 0 Å². The number of rotatable bonds is 6. The minimum Gasteiger partial charge on any atom is -0.463 e. The average molecular weight is 231 g/mol. The first kappa shape index (κ1) is 14.7. The Bertz CT molecular complexity index is 228. The summed E-state index contributed by atoms with van der Waals surface area (Å²) in [6.45, 7) is 6.25. The third kappa shape index (κ3) is 8.08. The zero-order valence-corrected chi connectivity index (χ0v) is 10.4. The van der Waals surface area contributed by atoms with Crippen molar-refractivity contribution in [3.8, 4) is 0 Å². The smallest absolute Gasteiger partial charge is 0.406 e. The van der Waals surface area contributed by atoms with E-state index in [2.05, 4.69) is 23.9 Å². The van der Waals surface area contributed by atoms with Crippen molar-refractivity contribution in [2.75, 3.05) is 13.7 Å². The van der Waals surface area contributed by atoms with E-state index in [4.69, 9.17) is 4.74 Å². The van der Waals surface area contributed by atoms with E-state index in [1.54, 1.807) is 0 Å². The maximum absolute atomic E-state index is 11.3. The van der Waals surface area contributed by atoms with E-state index >= 15 is 0 Å². The molecule has 0 aromatic heterocycles. The van der Waals surface area contributed by atoms with Crippen molar-refractivity contribution in [1.82, 2.24) is 5.32 Å². The van der Waals surface area contributed by atoms with Crippen LogP contribution in [0, 0.1) is 5.92 Å². The van der Waals surface area contributed by atoms with Gasteiger partial charge in [0, 0.05) is 6.54 Å². The maximum atomic E-state index is 11.3. The van der Waals surface area contributed by atoms with Crippen LogP contribution in [0.2, 0.25) is 0 Å². The highest BCUT2D eigenvalue weighted by atomic mass is 16.5. The number of alkyl carbamates (subject to hydrolysis) is 1. The van der Waals surface area contributed by atoms with Gasteiger partial charge >= 0.3 is 12.1 Å². The summed E-state index contributed by atoms with van der Waals surface area (Å²) in [4.78, 5) is 22.0. The highest BCUT2D eigenvalue weighted by molar-refractivity contribution is 5.71. The van der Waals surface area contributed by atoms with Gasteiger partial charge in [0.15, 0.2) is 0 Å². The molecule has 0 fully saturated rings. The standard InChI is InChI=1S/C11H21NO4/c1-8(2)7-9(3)16-10(13)5-6-12-11(14)15-4/h8-9H,5-7H2,1-4H3,(H,12,14)/t9-/m0/s1. The molecule has 1 amide bonds. The van der Waals surface area contributed by atoms with Crippen molar-refractivity contribution in [2.24, 2.45) is 5.92 Å². The van der Waals surface area contributed by atoms with E-state index in [1.807, 2.05) is 6.92 Å². The number of esters is 1. The molecule has 0 saturated heterocycles.